The summed E-state index contributed by atoms with van der Waals surface area (Å²) in [6, 6.07) is 18.0. The van der Waals surface area contributed by atoms with E-state index in [0.29, 0.717) is 12.4 Å². The molecular weight excluding hydrogens is 528 g/mol. The fourth-order valence-corrected chi connectivity index (χ4v) is 5.62. The number of nitrogens with zero attached hydrogens (tertiary/aromatic N) is 3. The minimum atomic E-state index is -0.691. The van der Waals surface area contributed by atoms with Gasteiger partial charge in [0.2, 0.25) is 5.91 Å². The summed E-state index contributed by atoms with van der Waals surface area (Å²) in [5.41, 5.74) is 7.06. The van der Waals surface area contributed by atoms with Crippen LogP contribution in [0.4, 0.5) is 4.79 Å². The van der Waals surface area contributed by atoms with E-state index in [1.165, 1.54) is 7.11 Å². The van der Waals surface area contributed by atoms with Crippen molar-refractivity contribution in [1.82, 2.24) is 30.2 Å². The number of nitrogens with one attached hydrogen (secondary N) is 3. The Balaban J connectivity index is 1.28. The first-order valence-corrected chi connectivity index (χ1v) is 14.2. The van der Waals surface area contributed by atoms with E-state index in [-0.39, 0.29) is 17.9 Å². The fourth-order valence-electron chi connectivity index (χ4n) is 5.62. The molecule has 3 unspecified atom stereocenters. The first-order valence-electron chi connectivity index (χ1n) is 14.2. The van der Waals surface area contributed by atoms with Crippen LogP contribution in [0.3, 0.4) is 0 Å². The zero-order valence-corrected chi connectivity index (χ0v) is 24.1. The molecule has 0 fully saturated rings. The molecule has 214 valence electrons. The van der Waals surface area contributed by atoms with E-state index in [1.54, 1.807) is 11.2 Å². The van der Waals surface area contributed by atoms with Crippen molar-refractivity contribution >= 4 is 33.8 Å². The molecule has 42 heavy (non-hydrogen) atoms. The summed E-state index contributed by atoms with van der Waals surface area (Å²) < 4.78 is 4.80. The van der Waals surface area contributed by atoms with Gasteiger partial charge in [-0.2, -0.15) is 0 Å². The highest BCUT2D eigenvalue weighted by atomic mass is 16.5. The van der Waals surface area contributed by atoms with Gasteiger partial charge in [0.15, 0.2) is 0 Å². The molecular formula is C33H34N6O3. The van der Waals surface area contributed by atoms with Crippen LogP contribution in [-0.2, 0) is 9.53 Å². The summed E-state index contributed by atoms with van der Waals surface area (Å²) in [7, 11) is 1.30. The van der Waals surface area contributed by atoms with Crippen molar-refractivity contribution in [3.63, 3.8) is 0 Å². The number of imidazole rings is 2. The summed E-state index contributed by atoms with van der Waals surface area (Å²) in [6.45, 7) is 6.43. The van der Waals surface area contributed by atoms with Crippen LogP contribution < -0.4 is 5.32 Å². The second-order valence-corrected chi connectivity index (χ2v) is 11.0. The van der Waals surface area contributed by atoms with Crippen LogP contribution in [0.1, 0.15) is 39.1 Å². The van der Waals surface area contributed by atoms with Gasteiger partial charge < -0.3 is 24.9 Å². The second-order valence-electron chi connectivity index (χ2n) is 11.0. The largest absolute Gasteiger partial charge is 0.453 e. The Bertz CT molecular complexity index is 1810. The van der Waals surface area contributed by atoms with Crippen molar-refractivity contribution in [2.75, 3.05) is 13.7 Å². The monoisotopic (exact) mass is 562 g/mol. The van der Waals surface area contributed by atoms with Crippen LogP contribution in [0.5, 0.6) is 0 Å². The smallest absolute Gasteiger partial charge is 0.407 e. The zero-order valence-electron chi connectivity index (χ0n) is 24.1. The van der Waals surface area contributed by atoms with Crippen molar-refractivity contribution in [2.45, 2.75) is 39.3 Å². The summed E-state index contributed by atoms with van der Waals surface area (Å²) in [5.74, 6) is 0.481. The number of rotatable bonds is 7. The van der Waals surface area contributed by atoms with Crippen molar-refractivity contribution in [2.24, 2.45) is 5.92 Å². The van der Waals surface area contributed by atoms with Crippen molar-refractivity contribution in [1.29, 1.82) is 0 Å². The first kappa shape index (κ1) is 27.3. The minimum Gasteiger partial charge on any atom is -0.453 e. The van der Waals surface area contributed by atoms with Crippen LogP contribution >= 0.6 is 0 Å². The number of aromatic nitrogens is 4. The molecule has 2 aromatic heterocycles. The number of carbonyl (C=O) groups is 2. The average Bonchev–Trinajstić information content (AvgIpc) is 3.78. The molecule has 9 heteroatoms. The number of H-pyrrole nitrogens is 2. The number of methoxy groups -OCH3 is 1. The molecule has 0 saturated heterocycles. The zero-order chi connectivity index (χ0) is 29.4. The van der Waals surface area contributed by atoms with Crippen molar-refractivity contribution in [3.05, 3.63) is 84.6 Å². The highest BCUT2D eigenvalue weighted by Crippen LogP contribution is 2.33. The molecule has 1 aliphatic heterocycles. The number of aromatic amines is 2. The lowest BCUT2D eigenvalue weighted by Crippen LogP contribution is -2.51. The van der Waals surface area contributed by atoms with Crippen molar-refractivity contribution in [3.8, 4) is 22.4 Å². The summed E-state index contributed by atoms with van der Waals surface area (Å²) in [6.07, 6.45) is 5.69. The number of alkyl carbamates (subject to hydrolysis) is 1. The molecule has 6 rings (SSSR count). The highest BCUT2D eigenvalue weighted by molar-refractivity contribution is 5.92. The van der Waals surface area contributed by atoms with Crippen LogP contribution in [-0.4, -0.2) is 56.5 Å². The van der Waals surface area contributed by atoms with E-state index in [4.69, 9.17) is 9.72 Å². The van der Waals surface area contributed by atoms with E-state index in [1.807, 2.05) is 33.0 Å². The maximum absolute atomic E-state index is 13.8. The molecule has 2 amide bonds. The topological polar surface area (TPSA) is 116 Å². The van der Waals surface area contributed by atoms with E-state index in [0.717, 1.165) is 56.2 Å². The van der Waals surface area contributed by atoms with E-state index >= 15 is 0 Å². The highest BCUT2D eigenvalue weighted by Gasteiger charge is 2.37. The number of benzene rings is 3. The average molecular weight is 563 g/mol. The van der Waals surface area contributed by atoms with Gasteiger partial charge >= 0.3 is 6.09 Å². The number of hydrogen-bond acceptors (Lipinski definition) is 5. The molecule has 0 radical (unpaired) electrons. The van der Waals surface area contributed by atoms with Gasteiger partial charge in [0.1, 0.15) is 17.9 Å². The number of carbonyl (C=O) groups excluding carboxylic acids is 2. The van der Waals surface area contributed by atoms with Gasteiger partial charge in [-0.15, -0.1) is 0 Å². The molecule has 3 aromatic carbocycles. The Morgan fingerprint density at radius 2 is 1.79 bits per heavy atom. The molecule has 0 saturated carbocycles. The van der Waals surface area contributed by atoms with Gasteiger partial charge in [0, 0.05) is 12.1 Å². The fraction of sp³-hybridized carbons (Fsp3) is 0.273. The Morgan fingerprint density at radius 3 is 2.50 bits per heavy atom. The number of ether oxygens (including phenoxy) is 1. The van der Waals surface area contributed by atoms with E-state index in [9.17, 15) is 9.59 Å². The quantitative estimate of drug-likeness (QED) is 0.199. The van der Waals surface area contributed by atoms with Gasteiger partial charge in [-0.1, -0.05) is 62.2 Å². The Kier molecular flexibility index (Phi) is 7.24. The molecule has 3 atom stereocenters. The lowest BCUT2D eigenvalue weighted by Gasteiger charge is -2.31. The third kappa shape index (κ3) is 5.13. The number of amides is 2. The summed E-state index contributed by atoms with van der Waals surface area (Å²) >= 11 is 0. The first-order chi connectivity index (χ1) is 20.3. The number of fused-ring (bicyclic) bond motifs is 2. The Morgan fingerprint density at radius 1 is 1.07 bits per heavy atom. The molecule has 3 heterocycles. The lowest BCUT2D eigenvalue weighted by atomic mass is 9.97. The normalized spacial score (nSPS) is 16.4. The molecule has 0 spiro atoms. The van der Waals surface area contributed by atoms with Gasteiger partial charge in [0.05, 0.1) is 36.4 Å². The predicted octanol–water partition coefficient (Wildman–Crippen LogP) is 6.37. The van der Waals surface area contributed by atoms with Crippen LogP contribution in [0, 0.1) is 5.92 Å². The maximum atomic E-state index is 13.8. The summed E-state index contributed by atoms with van der Waals surface area (Å²) in [4.78, 5) is 43.2. The predicted molar refractivity (Wildman–Crippen MR) is 164 cm³/mol. The molecule has 0 bridgehead atoms. The van der Waals surface area contributed by atoms with E-state index in [2.05, 4.69) is 74.9 Å². The Hall–Kier alpha value is -4.92. The standard InChI is InChI=1S/C33H34N6O3/c1-5-20(3)30(38-33(41)42-4)32(40)39-17-19(2)12-29(39)31-36-26-11-10-24(15-27(26)37-31)22-6-7-23-14-25(9-8-21(23)13-22)28-16-34-18-35-28/h6-16,18,20,29-30H,5,17H2,1-4H3,(H,34,35)(H,36,37)(H,38,41). The molecule has 9 nitrogen and oxygen atoms in total. The van der Waals surface area contributed by atoms with Crippen LogP contribution in [0.15, 0.2) is 78.8 Å². The van der Waals surface area contributed by atoms with Gasteiger partial charge in [-0.05, 0) is 59.0 Å². The molecule has 1 aliphatic rings. The molecule has 0 aliphatic carbocycles. The second kappa shape index (κ2) is 11.2. The maximum Gasteiger partial charge on any atom is 0.407 e. The summed E-state index contributed by atoms with van der Waals surface area (Å²) in [5, 5.41) is 5.05. The third-order valence-electron chi connectivity index (χ3n) is 8.18. The molecule has 3 N–H and O–H groups in total. The van der Waals surface area contributed by atoms with Gasteiger partial charge in [-0.25, -0.2) is 14.8 Å². The minimum absolute atomic E-state index is 0.0598. The van der Waals surface area contributed by atoms with Gasteiger partial charge in [0.25, 0.3) is 0 Å². The molecule has 5 aromatic rings. The van der Waals surface area contributed by atoms with E-state index < -0.39 is 12.1 Å². The van der Waals surface area contributed by atoms with Gasteiger partial charge in [-0.3, -0.25) is 4.79 Å². The van der Waals surface area contributed by atoms with Crippen LogP contribution in [0.2, 0.25) is 0 Å². The Labute approximate surface area is 244 Å². The lowest BCUT2D eigenvalue weighted by molar-refractivity contribution is -0.135. The number of hydrogen-bond donors (Lipinski definition) is 3. The van der Waals surface area contributed by atoms with Crippen molar-refractivity contribution < 1.29 is 14.3 Å². The SMILES string of the molecule is CCC(C)C(NC(=O)OC)C(=O)N1CC(C)=CC1c1nc2ccc(-c3ccc4cc(-c5cnc[nH]5)ccc4c3)cc2[nH]1. The van der Waals surface area contributed by atoms with Crippen LogP contribution in [0.25, 0.3) is 44.2 Å². The third-order valence-corrected chi connectivity index (χ3v) is 8.18.